The van der Waals surface area contributed by atoms with Crippen LogP contribution >= 0.6 is 0 Å². The number of hydrogen-bond acceptors (Lipinski definition) is 5. The number of benzene rings is 1. The molecule has 2 heterocycles. The minimum absolute atomic E-state index is 0.0111. The van der Waals surface area contributed by atoms with Crippen LogP contribution in [-0.4, -0.2) is 23.5 Å². The lowest BCUT2D eigenvalue weighted by Gasteiger charge is -1.99. The van der Waals surface area contributed by atoms with Gasteiger partial charge in [-0.25, -0.2) is 9.18 Å². The maximum atomic E-state index is 12.8. The number of aliphatic hydroxyl groups is 1. The van der Waals surface area contributed by atoms with Crippen LogP contribution in [0, 0.1) is 5.82 Å². The van der Waals surface area contributed by atoms with Gasteiger partial charge in [-0.3, -0.25) is 4.79 Å². The number of ether oxygens (including phenoxy) is 1. The number of furan rings is 1. The molecular weight excluding hydrogens is 291 g/mol. The molecule has 6 heteroatoms. The fourth-order valence-electron chi connectivity index (χ4n) is 2.12. The van der Waals surface area contributed by atoms with Gasteiger partial charge in [0, 0.05) is 6.42 Å². The van der Waals surface area contributed by atoms with Gasteiger partial charge in [0.05, 0.1) is 5.57 Å². The number of hydrogen-bond donors (Lipinski definition) is 1. The van der Waals surface area contributed by atoms with Crippen molar-refractivity contribution in [1.29, 1.82) is 0 Å². The van der Waals surface area contributed by atoms with Crippen molar-refractivity contribution in [3.8, 4) is 0 Å². The van der Waals surface area contributed by atoms with Crippen LogP contribution in [0.3, 0.4) is 0 Å². The number of rotatable bonds is 4. The number of halogens is 1. The van der Waals surface area contributed by atoms with E-state index in [4.69, 9.17) is 4.42 Å². The second-order valence-electron chi connectivity index (χ2n) is 4.80. The van der Waals surface area contributed by atoms with Crippen molar-refractivity contribution in [2.45, 2.75) is 6.42 Å². The van der Waals surface area contributed by atoms with Crippen molar-refractivity contribution in [1.82, 2.24) is 0 Å². The first-order valence-electron chi connectivity index (χ1n) is 6.51. The van der Waals surface area contributed by atoms with E-state index in [0.29, 0.717) is 12.2 Å². The highest BCUT2D eigenvalue weighted by Crippen LogP contribution is 2.21. The second kappa shape index (κ2) is 5.48. The molecule has 1 aromatic heterocycles. The maximum Gasteiger partial charge on any atom is 0.374 e. The first-order valence-corrected chi connectivity index (χ1v) is 6.51. The first-order chi connectivity index (χ1) is 10.5. The molecule has 0 atom stereocenters. The van der Waals surface area contributed by atoms with Crippen LogP contribution < -0.4 is 0 Å². The molecule has 0 fully saturated rings. The predicted molar refractivity (Wildman–Crippen MR) is 72.9 cm³/mol. The summed E-state index contributed by atoms with van der Waals surface area (Å²) in [6.45, 7) is -0.266. The Hall–Kier alpha value is -2.89. The normalized spacial score (nSPS) is 14.3. The van der Waals surface area contributed by atoms with Crippen molar-refractivity contribution in [3.05, 3.63) is 70.6 Å². The number of aliphatic hydroxyl groups excluding tert-OH is 1. The van der Waals surface area contributed by atoms with Crippen molar-refractivity contribution in [2.24, 2.45) is 0 Å². The zero-order valence-corrected chi connectivity index (χ0v) is 11.3. The summed E-state index contributed by atoms with van der Waals surface area (Å²) in [6.07, 6.45) is 0.397. The Labute approximate surface area is 124 Å². The van der Waals surface area contributed by atoms with E-state index in [1.807, 2.05) is 0 Å². The van der Waals surface area contributed by atoms with Gasteiger partial charge < -0.3 is 14.3 Å². The van der Waals surface area contributed by atoms with Gasteiger partial charge in [0.1, 0.15) is 18.2 Å². The molecule has 0 spiro atoms. The average molecular weight is 302 g/mol. The molecule has 0 aliphatic carbocycles. The average Bonchev–Trinajstić information content (AvgIpc) is 3.09. The van der Waals surface area contributed by atoms with Gasteiger partial charge in [0.2, 0.25) is 11.5 Å². The highest BCUT2D eigenvalue weighted by Gasteiger charge is 2.31. The Morgan fingerprint density at radius 1 is 1.18 bits per heavy atom. The molecule has 0 bridgehead atoms. The highest BCUT2D eigenvalue weighted by molar-refractivity contribution is 6.12. The van der Waals surface area contributed by atoms with Crippen LogP contribution in [0.15, 0.2) is 52.1 Å². The molecule has 3 rings (SSSR count). The number of esters is 1. The Morgan fingerprint density at radius 3 is 2.55 bits per heavy atom. The standard InChI is InChI=1S/C16H11FO5/c17-10-3-1-9(2-4-10)7-11-5-6-13(22-11)14(18)12-8-21-16(20)15(12)19/h1-6,19H,7-8H2. The summed E-state index contributed by atoms with van der Waals surface area (Å²) in [5, 5.41) is 9.46. The molecule has 0 unspecified atom stereocenters. The molecule has 1 aliphatic rings. The van der Waals surface area contributed by atoms with Gasteiger partial charge >= 0.3 is 5.97 Å². The summed E-state index contributed by atoms with van der Waals surface area (Å²) in [6, 6.07) is 9.01. The minimum Gasteiger partial charge on any atom is -0.501 e. The van der Waals surface area contributed by atoms with E-state index in [0.717, 1.165) is 5.56 Å². The van der Waals surface area contributed by atoms with Gasteiger partial charge in [-0.05, 0) is 29.8 Å². The lowest BCUT2D eigenvalue weighted by Crippen LogP contribution is -2.05. The summed E-state index contributed by atoms with van der Waals surface area (Å²) in [5.41, 5.74) is 0.712. The molecule has 5 nitrogen and oxygen atoms in total. The van der Waals surface area contributed by atoms with E-state index in [9.17, 15) is 19.1 Å². The van der Waals surface area contributed by atoms with Crippen LogP contribution in [-0.2, 0) is 16.0 Å². The molecular formula is C16H11FO5. The zero-order valence-electron chi connectivity index (χ0n) is 11.3. The van der Waals surface area contributed by atoms with Gasteiger partial charge in [-0.2, -0.15) is 0 Å². The number of ketones is 1. The fraction of sp³-hybridized carbons (Fsp3) is 0.125. The van der Waals surface area contributed by atoms with Crippen molar-refractivity contribution >= 4 is 11.8 Å². The molecule has 1 aliphatic heterocycles. The fourth-order valence-corrected chi connectivity index (χ4v) is 2.12. The lowest BCUT2D eigenvalue weighted by molar-refractivity contribution is -0.138. The van der Waals surface area contributed by atoms with Crippen LogP contribution in [0.1, 0.15) is 21.9 Å². The molecule has 112 valence electrons. The molecule has 0 saturated carbocycles. The van der Waals surface area contributed by atoms with Crippen LogP contribution in [0.5, 0.6) is 0 Å². The van der Waals surface area contributed by atoms with Gasteiger partial charge in [0.25, 0.3) is 0 Å². The van der Waals surface area contributed by atoms with Crippen LogP contribution in [0.4, 0.5) is 4.39 Å². The molecule has 0 saturated heterocycles. The van der Waals surface area contributed by atoms with E-state index >= 15 is 0 Å². The summed E-state index contributed by atoms with van der Waals surface area (Å²) in [7, 11) is 0. The Kier molecular flexibility index (Phi) is 3.50. The van der Waals surface area contributed by atoms with Crippen LogP contribution in [0.25, 0.3) is 0 Å². The lowest BCUT2D eigenvalue weighted by atomic mass is 10.1. The summed E-state index contributed by atoms with van der Waals surface area (Å²) >= 11 is 0. The van der Waals surface area contributed by atoms with E-state index in [2.05, 4.69) is 4.74 Å². The molecule has 1 N–H and O–H groups in total. The summed E-state index contributed by atoms with van der Waals surface area (Å²) in [5.74, 6) is -1.98. The van der Waals surface area contributed by atoms with Crippen molar-refractivity contribution in [3.63, 3.8) is 0 Å². The summed E-state index contributed by atoms with van der Waals surface area (Å²) in [4.78, 5) is 23.2. The number of carbonyl (C=O) groups excluding carboxylic acids is 2. The number of cyclic esters (lactones) is 1. The van der Waals surface area contributed by atoms with Crippen LogP contribution in [0.2, 0.25) is 0 Å². The van der Waals surface area contributed by atoms with E-state index < -0.39 is 17.5 Å². The molecule has 0 amide bonds. The van der Waals surface area contributed by atoms with Gasteiger partial charge in [-0.15, -0.1) is 0 Å². The Bertz CT molecular complexity index is 770. The number of carbonyl (C=O) groups is 2. The third-order valence-electron chi connectivity index (χ3n) is 3.28. The molecule has 1 aromatic carbocycles. The second-order valence-corrected chi connectivity index (χ2v) is 4.80. The summed E-state index contributed by atoms with van der Waals surface area (Å²) < 4.78 is 22.8. The highest BCUT2D eigenvalue weighted by atomic mass is 19.1. The maximum absolute atomic E-state index is 12.8. The predicted octanol–water partition coefficient (Wildman–Crippen LogP) is 2.56. The monoisotopic (exact) mass is 302 g/mol. The smallest absolute Gasteiger partial charge is 0.374 e. The van der Waals surface area contributed by atoms with Crippen molar-refractivity contribution < 1.29 is 28.2 Å². The zero-order chi connectivity index (χ0) is 15.7. The van der Waals surface area contributed by atoms with Crippen molar-refractivity contribution in [2.75, 3.05) is 6.61 Å². The van der Waals surface area contributed by atoms with E-state index in [1.165, 1.54) is 18.2 Å². The molecule has 22 heavy (non-hydrogen) atoms. The topological polar surface area (TPSA) is 76.7 Å². The third kappa shape index (κ3) is 2.63. The Morgan fingerprint density at radius 2 is 1.91 bits per heavy atom. The largest absolute Gasteiger partial charge is 0.501 e. The van der Waals surface area contributed by atoms with E-state index in [1.54, 1.807) is 18.2 Å². The van der Waals surface area contributed by atoms with Gasteiger partial charge in [0.15, 0.2) is 5.76 Å². The minimum atomic E-state index is -0.915. The van der Waals surface area contributed by atoms with Gasteiger partial charge in [-0.1, -0.05) is 12.1 Å². The quantitative estimate of drug-likeness (QED) is 0.694. The SMILES string of the molecule is O=C1OCC(C(=O)c2ccc(Cc3ccc(F)cc3)o2)=C1O. The first kappa shape index (κ1) is 14.1. The molecule has 0 radical (unpaired) electrons. The van der Waals surface area contributed by atoms with E-state index in [-0.39, 0.29) is 23.8 Å². The number of Topliss-reactive ketones (excluding diaryl/α,β-unsaturated/α-hetero) is 1. The molecule has 2 aromatic rings. The Balaban J connectivity index is 1.78. The third-order valence-corrected chi connectivity index (χ3v) is 3.28.